The molecular formula is C25H32N3O5PS2. The summed E-state index contributed by atoms with van der Waals surface area (Å²) in [6, 6.07) is 4.90. The van der Waals surface area contributed by atoms with Crippen LogP contribution in [-0.2, 0) is 37.0 Å². The number of nitrogens with one attached hydrogen (secondary N) is 2. The first-order valence-electron chi connectivity index (χ1n) is 12.4. The molecule has 0 spiro atoms. The summed E-state index contributed by atoms with van der Waals surface area (Å²) in [7, 11) is 0. The molecule has 0 aromatic heterocycles. The fraction of sp³-hybridized carbons (Fsp3) is 0.560. The van der Waals surface area contributed by atoms with E-state index in [2.05, 4.69) is 31.1 Å². The summed E-state index contributed by atoms with van der Waals surface area (Å²) in [4.78, 5) is 38.4. The number of fused-ring (bicyclic) bond motifs is 2. The molecule has 11 heteroatoms. The van der Waals surface area contributed by atoms with Crippen molar-refractivity contribution >= 4 is 52.3 Å². The van der Waals surface area contributed by atoms with Crippen LogP contribution in [-0.4, -0.2) is 52.7 Å². The standard InChI is InChI=1S/C25H32N3O5PS2/c1-15(2)16-9-10-25(3)21(13-16)36-34(35,33-25)32-12-11-26-19-6-4-5-17-18(19)14-28(24(17)31)20-7-8-22(29)27-23(20)30/h4-6,16,20-21,26H,1,7-14H2,2-3H3,(H,27,29,30)/t16-,20?,21+,25+,34-/m0/s1. The summed E-state index contributed by atoms with van der Waals surface area (Å²) in [5.41, 5.74) is 0.821. The van der Waals surface area contributed by atoms with Crippen molar-refractivity contribution < 1.29 is 23.4 Å². The first kappa shape index (κ1) is 25.9. The molecule has 1 aromatic rings. The molecule has 5 atom stereocenters. The highest BCUT2D eigenvalue weighted by atomic mass is 32.9. The zero-order valence-electron chi connectivity index (χ0n) is 20.6. The summed E-state index contributed by atoms with van der Waals surface area (Å²) in [6.07, 6.45) is 3.66. The van der Waals surface area contributed by atoms with Crippen LogP contribution in [0.2, 0.25) is 0 Å². The summed E-state index contributed by atoms with van der Waals surface area (Å²) in [5.74, 6) is -0.370. The quantitative estimate of drug-likeness (QED) is 0.224. The van der Waals surface area contributed by atoms with Crippen molar-refractivity contribution in [3.8, 4) is 0 Å². The second-order valence-corrected chi connectivity index (χ2v) is 16.6. The highest BCUT2D eigenvalue weighted by molar-refractivity contribution is 8.68. The van der Waals surface area contributed by atoms with E-state index in [0.29, 0.717) is 42.8 Å². The van der Waals surface area contributed by atoms with E-state index in [1.807, 2.05) is 12.1 Å². The predicted octanol–water partition coefficient (Wildman–Crippen LogP) is 4.37. The molecule has 3 amide bonds. The fourth-order valence-corrected chi connectivity index (χ4v) is 12.4. The number of benzene rings is 1. The van der Waals surface area contributed by atoms with Crippen LogP contribution in [0, 0.1) is 5.92 Å². The van der Waals surface area contributed by atoms with Crippen LogP contribution in [0.1, 0.15) is 61.9 Å². The van der Waals surface area contributed by atoms with E-state index in [1.54, 1.807) is 22.3 Å². The van der Waals surface area contributed by atoms with Gasteiger partial charge in [-0.15, -0.1) is 0 Å². The molecule has 1 aromatic carbocycles. The summed E-state index contributed by atoms with van der Waals surface area (Å²) >= 11 is 7.56. The van der Waals surface area contributed by atoms with Crippen molar-refractivity contribution in [2.75, 3.05) is 18.5 Å². The maximum absolute atomic E-state index is 13.0. The molecule has 5 rings (SSSR count). The van der Waals surface area contributed by atoms with Gasteiger partial charge in [-0.25, -0.2) is 0 Å². The molecule has 4 aliphatic rings. The lowest BCUT2D eigenvalue weighted by atomic mass is 9.77. The Hall–Kier alpha value is -1.71. The number of carbonyl (C=O) groups is 3. The van der Waals surface area contributed by atoms with Crippen molar-refractivity contribution in [1.82, 2.24) is 10.2 Å². The third kappa shape index (κ3) is 4.90. The van der Waals surface area contributed by atoms with Gasteiger partial charge < -0.3 is 19.3 Å². The summed E-state index contributed by atoms with van der Waals surface area (Å²) in [6.45, 7) is 9.64. The van der Waals surface area contributed by atoms with Crippen LogP contribution >= 0.6 is 17.1 Å². The van der Waals surface area contributed by atoms with E-state index >= 15 is 0 Å². The molecule has 3 fully saturated rings. The number of hydrogen-bond acceptors (Lipinski definition) is 8. The molecule has 194 valence electrons. The van der Waals surface area contributed by atoms with Gasteiger partial charge in [0.05, 0.1) is 12.2 Å². The minimum Gasteiger partial charge on any atom is -0.382 e. The van der Waals surface area contributed by atoms with Crippen molar-refractivity contribution in [3.63, 3.8) is 0 Å². The lowest BCUT2D eigenvalue weighted by Crippen LogP contribution is -2.52. The van der Waals surface area contributed by atoms with Gasteiger partial charge in [-0.2, -0.15) is 0 Å². The Labute approximate surface area is 220 Å². The number of nitrogens with zero attached hydrogens (tertiary/aromatic N) is 1. The van der Waals surface area contributed by atoms with Gasteiger partial charge in [0.25, 0.3) is 5.91 Å². The Kier molecular flexibility index (Phi) is 7.11. The molecule has 0 radical (unpaired) electrons. The zero-order valence-corrected chi connectivity index (χ0v) is 23.1. The molecule has 2 saturated heterocycles. The number of rotatable bonds is 7. The topological polar surface area (TPSA) is 97.0 Å². The number of carbonyl (C=O) groups excluding carboxylic acids is 3. The maximum atomic E-state index is 13.0. The number of amides is 3. The monoisotopic (exact) mass is 549 g/mol. The Bertz CT molecular complexity index is 1180. The van der Waals surface area contributed by atoms with E-state index in [0.717, 1.165) is 30.5 Å². The second kappa shape index (κ2) is 9.87. The number of piperidine rings is 1. The molecule has 1 aliphatic carbocycles. The first-order chi connectivity index (χ1) is 17.1. The van der Waals surface area contributed by atoms with E-state index in [-0.39, 0.29) is 23.8 Å². The highest BCUT2D eigenvalue weighted by Crippen LogP contribution is 2.74. The third-order valence-electron chi connectivity index (χ3n) is 7.69. The molecular weight excluding hydrogens is 517 g/mol. The number of hydrogen-bond donors (Lipinski definition) is 2. The Morgan fingerprint density at radius 1 is 1.39 bits per heavy atom. The van der Waals surface area contributed by atoms with Gasteiger partial charge in [0.2, 0.25) is 17.5 Å². The van der Waals surface area contributed by atoms with Crippen molar-refractivity contribution in [3.05, 3.63) is 41.5 Å². The Morgan fingerprint density at radius 2 is 2.19 bits per heavy atom. The molecule has 3 aliphatic heterocycles. The number of imide groups is 1. The number of allylic oxidation sites excluding steroid dienone is 1. The Morgan fingerprint density at radius 3 is 2.94 bits per heavy atom. The van der Waals surface area contributed by atoms with Crippen molar-refractivity contribution in [1.29, 1.82) is 0 Å². The van der Waals surface area contributed by atoms with Gasteiger partial charge in [-0.05, 0) is 69.4 Å². The number of anilines is 1. The van der Waals surface area contributed by atoms with Crippen molar-refractivity contribution in [2.45, 2.75) is 69.4 Å². The summed E-state index contributed by atoms with van der Waals surface area (Å²) in [5, 5.41) is 6.05. The average molecular weight is 550 g/mol. The van der Waals surface area contributed by atoms with Gasteiger partial charge in [-0.3, -0.25) is 19.7 Å². The van der Waals surface area contributed by atoms with Crippen LogP contribution in [0.15, 0.2) is 30.4 Å². The lowest BCUT2D eigenvalue weighted by Gasteiger charge is -2.37. The molecule has 36 heavy (non-hydrogen) atoms. The molecule has 0 bridgehead atoms. The summed E-state index contributed by atoms with van der Waals surface area (Å²) < 4.78 is 12.6. The normalized spacial score (nSPS) is 33.8. The molecule has 1 saturated carbocycles. The van der Waals surface area contributed by atoms with Crippen LogP contribution in [0.3, 0.4) is 0 Å². The van der Waals surface area contributed by atoms with Crippen LogP contribution in [0.25, 0.3) is 0 Å². The van der Waals surface area contributed by atoms with Gasteiger partial charge in [0.1, 0.15) is 6.04 Å². The average Bonchev–Trinajstić information content (AvgIpc) is 3.29. The van der Waals surface area contributed by atoms with Crippen LogP contribution < -0.4 is 10.6 Å². The van der Waals surface area contributed by atoms with Crippen LogP contribution in [0.5, 0.6) is 0 Å². The lowest BCUT2D eigenvalue weighted by molar-refractivity contribution is -0.136. The minimum absolute atomic E-state index is 0.186. The second-order valence-electron chi connectivity index (χ2n) is 10.3. The first-order valence-corrected chi connectivity index (χ1v) is 16.5. The minimum atomic E-state index is -2.44. The van der Waals surface area contributed by atoms with Gasteiger partial charge in [-0.1, -0.05) is 29.6 Å². The van der Waals surface area contributed by atoms with Crippen LogP contribution in [0.4, 0.5) is 5.69 Å². The van der Waals surface area contributed by atoms with E-state index in [1.165, 1.54) is 5.57 Å². The SMILES string of the molecule is C=C(C)[C@H]1CC[C@@]2(C)O[P@](=S)(OCCNc3cccc4c3CN(C3CCC(=O)NC3=O)C4=O)S[C@@H]2C1. The largest absolute Gasteiger partial charge is 0.382 e. The van der Waals surface area contributed by atoms with E-state index < -0.39 is 17.6 Å². The maximum Gasteiger partial charge on any atom is 0.255 e. The molecule has 8 nitrogen and oxygen atoms in total. The van der Waals surface area contributed by atoms with Gasteiger partial charge in [0, 0.05) is 41.6 Å². The van der Waals surface area contributed by atoms with E-state index in [4.69, 9.17) is 20.9 Å². The molecule has 1 unspecified atom stereocenters. The molecule has 3 heterocycles. The van der Waals surface area contributed by atoms with E-state index in [9.17, 15) is 14.4 Å². The predicted molar refractivity (Wildman–Crippen MR) is 144 cm³/mol. The van der Waals surface area contributed by atoms with Crippen molar-refractivity contribution in [2.24, 2.45) is 5.92 Å². The van der Waals surface area contributed by atoms with Gasteiger partial charge >= 0.3 is 0 Å². The van der Waals surface area contributed by atoms with Gasteiger partial charge in [0.15, 0.2) is 0 Å². The Balaban J connectivity index is 1.18. The zero-order chi connectivity index (χ0) is 25.7. The highest BCUT2D eigenvalue weighted by Gasteiger charge is 2.53. The third-order valence-corrected chi connectivity index (χ3v) is 13.4. The molecule has 2 N–H and O–H groups in total. The fourth-order valence-electron chi connectivity index (χ4n) is 5.54. The smallest absolute Gasteiger partial charge is 0.255 e.